The lowest BCUT2D eigenvalue weighted by Crippen LogP contribution is -2.15. The highest BCUT2D eigenvalue weighted by molar-refractivity contribution is 9.12. The Bertz CT molecular complexity index is 913. The molecule has 0 aromatic heterocycles. The van der Waals surface area contributed by atoms with Crippen molar-refractivity contribution >= 4 is 43.1 Å². The Morgan fingerprint density at radius 1 is 1.26 bits per heavy atom. The number of nitrogens with zero attached hydrogens (tertiary/aromatic N) is 2. The summed E-state index contributed by atoms with van der Waals surface area (Å²) in [6, 6.07) is 4.63. The van der Waals surface area contributed by atoms with E-state index in [1.807, 2.05) is 0 Å². The van der Waals surface area contributed by atoms with Gasteiger partial charge in [-0.3, -0.25) is 14.9 Å². The monoisotopic (exact) mass is 398 g/mol. The van der Waals surface area contributed by atoms with Gasteiger partial charge >= 0.3 is 0 Å². The van der Waals surface area contributed by atoms with Crippen molar-refractivity contribution in [1.29, 1.82) is 0 Å². The van der Waals surface area contributed by atoms with Crippen LogP contribution in [0.1, 0.15) is 13.8 Å². The molecule has 7 nitrogen and oxygen atoms in total. The molecule has 0 saturated heterocycles. The molecule has 2 rings (SSSR count). The van der Waals surface area contributed by atoms with E-state index >= 15 is 0 Å². The Morgan fingerprint density at radius 3 is 2.52 bits per heavy atom. The van der Waals surface area contributed by atoms with Crippen molar-refractivity contribution in [3.63, 3.8) is 0 Å². The van der Waals surface area contributed by atoms with E-state index in [1.54, 1.807) is 13.8 Å². The van der Waals surface area contributed by atoms with E-state index in [-0.39, 0.29) is 26.6 Å². The second-order valence-corrected chi connectivity index (χ2v) is 7.20. The minimum atomic E-state index is -4.16. The Labute approximate surface area is 140 Å². The first kappa shape index (κ1) is 17.2. The zero-order valence-corrected chi connectivity index (χ0v) is 14.5. The molecule has 0 radical (unpaired) electrons. The Hall–Kier alpha value is -2.13. The average molecular weight is 399 g/mol. The highest BCUT2D eigenvalue weighted by atomic mass is 79.9. The molecule has 0 bridgehead atoms. The molecule has 0 saturated carbocycles. The van der Waals surface area contributed by atoms with Crippen LogP contribution < -0.4 is 0 Å². The molecule has 0 amide bonds. The van der Waals surface area contributed by atoms with E-state index in [4.69, 9.17) is 0 Å². The fourth-order valence-corrected chi connectivity index (χ4v) is 3.69. The summed E-state index contributed by atoms with van der Waals surface area (Å²) >= 11 is 3.18. The van der Waals surface area contributed by atoms with E-state index in [0.29, 0.717) is 11.1 Å². The molecule has 0 fully saturated rings. The number of ketones is 1. The smallest absolute Gasteiger partial charge is 0.283 e. The molecule has 1 aliphatic rings. The number of halogens is 1. The van der Waals surface area contributed by atoms with E-state index in [1.165, 1.54) is 24.3 Å². The summed E-state index contributed by atoms with van der Waals surface area (Å²) in [7, 11) is -4.16. The highest BCUT2D eigenvalue weighted by Crippen LogP contribution is 2.27. The maximum Gasteiger partial charge on any atom is 0.283 e. The first-order chi connectivity index (χ1) is 10.6. The summed E-state index contributed by atoms with van der Waals surface area (Å²) in [6.45, 7) is 3.11. The van der Waals surface area contributed by atoms with E-state index in [9.17, 15) is 23.3 Å². The van der Waals surface area contributed by atoms with Crippen LogP contribution in [0.4, 0.5) is 5.69 Å². The van der Waals surface area contributed by atoms with Gasteiger partial charge in [0.25, 0.3) is 15.7 Å². The molecule has 0 aliphatic heterocycles. The number of rotatable bonds is 3. The van der Waals surface area contributed by atoms with Crippen molar-refractivity contribution in [2.45, 2.75) is 18.7 Å². The molecular weight excluding hydrogens is 388 g/mol. The number of carbonyl (C=O) groups excluding carboxylic acids is 1. The van der Waals surface area contributed by atoms with Crippen molar-refractivity contribution in [3.05, 3.63) is 56.1 Å². The van der Waals surface area contributed by atoms with Gasteiger partial charge in [-0.2, -0.15) is 12.8 Å². The Kier molecular flexibility index (Phi) is 4.62. The number of nitro benzene ring substituents is 1. The van der Waals surface area contributed by atoms with Gasteiger partial charge in [-0.05, 0) is 47.5 Å². The maximum absolute atomic E-state index is 12.4. The SMILES string of the molecule is CC1=CC(=O)C(C)=C(Br)C1=NS(=O)(=O)c1cccc([N+](=O)[O-])c1. The number of sulfonamides is 1. The first-order valence-corrected chi connectivity index (χ1v) is 8.56. The van der Waals surface area contributed by atoms with Crippen molar-refractivity contribution in [2.75, 3.05) is 0 Å². The standard InChI is InChI=1S/C14H11BrN2O5S/c1-8-6-12(18)9(2)13(15)14(8)16-23(21,22)11-5-3-4-10(7-11)17(19)20/h3-7H,1-2H3. The minimum Gasteiger partial charge on any atom is -0.290 e. The van der Waals surface area contributed by atoms with E-state index < -0.39 is 14.9 Å². The molecule has 1 aromatic carbocycles. The van der Waals surface area contributed by atoms with Gasteiger partial charge in [0.15, 0.2) is 5.78 Å². The largest absolute Gasteiger partial charge is 0.290 e. The van der Waals surface area contributed by atoms with Crippen LogP contribution >= 0.6 is 15.9 Å². The predicted molar refractivity (Wildman–Crippen MR) is 88.1 cm³/mol. The van der Waals surface area contributed by atoms with Gasteiger partial charge in [0.2, 0.25) is 0 Å². The zero-order valence-electron chi connectivity index (χ0n) is 12.1. The number of hydrogen-bond donors (Lipinski definition) is 0. The Morgan fingerprint density at radius 2 is 1.91 bits per heavy atom. The highest BCUT2D eigenvalue weighted by Gasteiger charge is 2.24. The number of benzene rings is 1. The molecule has 0 atom stereocenters. The molecule has 23 heavy (non-hydrogen) atoms. The summed E-state index contributed by atoms with van der Waals surface area (Å²) in [5.41, 5.74) is 0.488. The van der Waals surface area contributed by atoms with Gasteiger partial charge < -0.3 is 0 Å². The zero-order chi connectivity index (χ0) is 17.4. The van der Waals surface area contributed by atoms with Crippen LogP contribution in [-0.4, -0.2) is 24.8 Å². The molecule has 1 aliphatic carbocycles. The lowest BCUT2D eigenvalue weighted by Gasteiger charge is -2.14. The number of carbonyl (C=O) groups is 1. The van der Waals surface area contributed by atoms with Crippen molar-refractivity contribution in [2.24, 2.45) is 4.40 Å². The third kappa shape index (κ3) is 3.45. The first-order valence-electron chi connectivity index (χ1n) is 6.32. The molecule has 120 valence electrons. The summed E-state index contributed by atoms with van der Waals surface area (Å²) in [5.74, 6) is -0.235. The van der Waals surface area contributed by atoms with Gasteiger partial charge in [-0.1, -0.05) is 6.07 Å². The number of hydrogen-bond acceptors (Lipinski definition) is 5. The van der Waals surface area contributed by atoms with Crippen LogP contribution in [-0.2, 0) is 14.8 Å². The summed E-state index contributed by atoms with van der Waals surface area (Å²) in [4.78, 5) is 21.5. The molecule has 0 unspecified atom stereocenters. The molecule has 0 heterocycles. The van der Waals surface area contributed by atoms with Crippen LogP contribution in [0.25, 0.3) is 0 Å². The van der Waals surface area contributed by atoms with Crippen LogP contribution in [0, 0.1) is 10.1 Å². The van der Waals surface area contributed by atoms with Crippen molar-refractivity contribution in [3.8, 4) is 0 Å². The predicted octanol–water partition coefficient (Wildman–Crippen LogP) is 2.92. The van der Waals surface area contributed by atoms with Crippen molar-refractivity contribution < 1.29 is 18.1 Å². The van der Waals surface area contributed by atoms with Gasteiger partial charge in [-0.25, -0.2) is 0 Å². The third-order valence-electron chi connectivity index (χ3n) is 3.17. The third-order valence-corrected chi connectivity index (χ3v) is 5.41. The second kappa shape index (κ2) is 6.17. The van der Waals surface area contributed by atoms with Gasteiger partial charge in [0, 0.05) is 17.7 Å². The summed E-state index contributed by atoms with van der Waals surface area (Å²) in [5, 5.41) is 10.8. The van der Waals surface area contributed by atoms with Gasteiger partial charge in [0.05, 0.1) is 20.0 Å². The van der Waals surface area contributed by atoms with E-state index in [2.05, 4.69) is 20.3 Å². The Balaban J connectivity index is 2.57. The minimum absolute atomic E-state index is 0.105. The molecule has 1 aromatic rings. The van der Waals surface area contributed by atoms with Crippen LogP contribution in [0.2, 0.25) is 0 Å². The molecule has 0 N–H and O–H groups in total. The lowest BCUT2D eigenvalue weighted by atomic mass is 9.99. The number of nitro groups is 1. The summed E-state index contributed by atoms with van der Waals surface area (Å²) in [6.07, 6.45) is 1.29. The lowest BCUT2D eigenvalue weighted by molar-refractivity contribution is -0.385. The molecular formula is C14H11BrN2O5S. The topological polar surface area (TPSA) is 107 Å². The van der Waals surface area contributed by atoms with Crippen molar-refractivity contribution in [1.82, 2.24) is 0 Å². The second-order valence-electron chi connectivity index (χ2n) is 4.80. The fourth-order valence-electron chi connectivity index (χ4n) is 1.87. The molecule has 9 heteroatoms. The fraction of sp³-hybridized carbons (Fsp3) is 0.143. The average Bonchev–Trinajstić information content (AvgIpc) is 2.49. The van der Waals surface area contributed by atoms with Gasteiger partial charge in [-0.15, -0.1) is 0 Å². The number of allylic oxidation sites excluding steroid dienone is 4. The van der Waals surface area contributed by atoms with Crippen LogP contribution in [0.5, 0.6) is 0 Å². The number of non-ortho nitro benzene ring substituents is 1. The molecule has 0 spiro atoms. The van der Waals surface area contributed by atoms with Crippen LogP contribution in [0.15, 0.2) is 55.3 Å². The van der Waals surface area contributed by atoms with Crippen LogP contribution in [0.3, 0.4) is 0 Å². The van der Waals surface area contributed by atoms with Gasteiger partial charge in [0.1, 0.15) is 0 Å². The normalized spacial score (nSPS) is 17.4. The summed E-state index contributed by atoms with van der Waals surface area (Å²) < 4.78 is 28.8. The quantitative estimate of drug-likeness (QED) is 0.441. The maximum atomic E-state index is 12.4. The van der Waals surface area contributed by atoms with E-state index in [0.717, 1.165) is 6.07 Å².